The van der Waals surface area contributed by atoms with E-state index in [2.05, 4.69) is 33.5 Å². The van der Waals surface area contributed by atoms with Gasteiger partial charge in [-0.3, -0.25) is 0 Å². The lowest BCUT2D eigenvalue weighted by Gasteiger charge is -2.16. The second kappa shape index (κ2) is 5.15. The zero-order chi connectivity index (χ0) is 11.5. The van der Waals surface area contributed by atoms with Gasteiger partial charge < -0.3 is 10.6 Å². The number of thiocarbonyl (C=S) groups is 1. The molecule has 4 heteroatoms. The summed E-state index contributed by atoms with van der Waals surface area (Å²) < 4.78 is 1.05. The lowest BCUT2D eigenvalue weighted by Crippen LogP contribution is -2.37. The molecule has 1 aliphatic rings. The molecule has 1 fully saturated rings. The number of rotatable bonds is 3. The molecule has 0 saturated heterocycles. The Hall–Kier alpha value is -0.610. The lowest BCUT2D eigenvalue weighted by molar-refractivity contribution is 0.590. The van der Waals surface area contributed by atoms with Crippen molar-refractivity contribution in [3.8, 4) is 0 Å². The molecule has 2 N–H and O–H groups in total. The van der Waals surface area contributed by atoms with Crippen LogP contribution in [0.3, 0.4) is 0 Å². The third-order valence-electron chi connectivity index (χ3n) is 2.77. The molecule has 2 rings (SSSR count). The fraction of sp³-hybridized carbons (Fsp3) is 0.417. The molecule has 1 aromatic rings. The highest BCUT2D eigenvalue weighted by Crippen LogP contribution is 2.32. The zero-order valence-electron chi connectivity index (χ0n) is 9.16. The van der Waals surface area contributed by atoms with Crippen molar-refractivity contribution in [3.05, 3.63) is 28.7 Å². The van der Waals surface area contributed by atoms with Crippen LogP contribution in [-0.2, 0) is 0 Å². The van der Waals surface area contributed by atoms with E-state index in [0.717, 1.165) is 16.1 Å². The maximum absolute atomic E-state index is 5.27. The Bertz CT molecular complexity index is 390. The van der Waals surface area contributed by atoms with Crippen molar-refractivity contribution in [1.29, 1.82) is 0 Å². The minimum Gasteiger partial charge on any atom is -0.360 e. The molecule has 86 valence electrons. The summed E-state index contributed by atoms with van der Waals surface area (Å²) in [5, 5.41) is 7.21. The Kier molecular flexibility index (Phi) is 3.82. The molecule has 0 heterocycles. The monoisotopic (exact) mass is 298 g/mol. The van der Waals surface area contributed by atoms with Crippen LogP contribution in [0.4, 0.5) is 5.69 Å². The van der Waals surface area contributed by atoms with Crippen LogP contribution in [0.1, 0.15) is 19.8 Å². The Morgan fingerprint density at radius 1 is 1.50 bits per heavy atom. The number of halogens is 1. The highest BCUT2D eigenvalue weighted by Gasteiger charge is 2.28. The van der Waals surface area contributed by atoms with Crippen LogP contribution in [0.15, 0.2) is 28.7 Å². The first-order valence-electron chi connectivity index (χ1n) is 5.48. The standard InChI is InChI=1S/C12H15BrN2S/c1-8(9-5-6-9)14-12(16)15-11-4-2-3-10(13)7-11/h2-4,7-9H,5-6H2,1H3,(H2,14,15,16)/t8-/m1/s1. The summed E-state index contributed by atoms with van der Waals surface area (Å²) >= 11 is 8.70. The maximum Gasteiger partial charge on any atom is 0.170 e. The van der Waals surface area contributed by atoms with Crippen molar-refractivity contribution in [2.45, 2.75) is 25.8 Å². The summed E-state index contributed by atoms with van der Waals surface area (Å²) in [5.41, 5.74) is 1.01. The quantitative estimate of drug-likeness (QED) is 0.835. The molecule has 0 radical (unpaired) electrons. The number of hydrogen-bond acceptors (Lipinski definition) is 1. The van der Waals surface area contributed by atoms with Gasteiger partial charge in [0.25, 0.3) is 0 Å². The number of hydrogen-bond donors (Lipinski definition) is 2. The number of benzene rings is 1. The van der Waals surface area contributed by atoms with Gasteiger partial charge in [0, 0.05) is 16.2 Å². The summed E-state index contributed by atoms with van der Waals surface area (Å²) in [6, 6.07) is 8.47. The van der Waals surface area contributed by atoms with Gasteiger partial charge in [-0.15, -0.1) is 0 Å². The summed E-state index contributed by atoms with van der Waals surface area (Å²) in [6.45, 7) is 2.19. The Labute approximate surface area is 110 Å². The molecule has 1 aliphatic carbocycles. The second-order valence-corrected chi connectivity index (χ2v) is 5.56. The Morgan fingerprint density at radius 2 is 2.25 bits per heavy atom. The molecule has 1 aromatic carbocycles. The molecule has 0 spiro atoms. The predicted octanol–water partition coefficient (Wildman–Crippen LogP) is 3.53. The van der Waals surface area contributed by atoms with Crippen LogP contribution in [0.25, 0.3) is 0 Å². The Morgan fingerprint density at radius 3 is 2.88 bits per heavy atom. The average Bonchev–Trinajstić information content (AvgIpc) is 2.99. The molecule has 2 nitrogen and oxygen atoms in total. The first-order valence-corrected chi connectivity index (χ1v) is 6.68. The van der Waals surface area contributed by atoms with E-state index in [1.54, 1.807) is 0 Å². The van der Waals surface area contributed by atoms with E-state index in [9.17, 15) is 0 Å². The third kappa shape index (κ3) is 3.46. The highest BCUT2D eigenvalue weighted by atomic mass is 79.9. The second-order valence-electron chi connectivity index (χ2n) is 4.23. The minimum absolute atomic E-state index is 0.479. The van der Waals surface area contributed by atoms with Crippen LogP contribution in [0.5, 0.6) is 0 Å². The smallest absolute Gasteiger partial charge is 0.170 e. The van der Waals surface area contributed by atoms with Gasteiger partial charge in [-0.05, 0) is 56.1 Å². The molecule has 0 bridgehead atoms. The SMILES string of the molecule is C[C@@H](NC(=S)Nc1cccc(Br)c1)C1CC1. The topological polar surface area (TPSA) is 24.1 Å². The van der Waals surface area contributed by atoms with Gasteiger partial charge in [0.1, 0.15) is 0 Å². The zero-order valence-corrected chi connectivity index (χ0v) is 11.6. The highest BCUT2D eigenvalue weighted by molar-refractivity contribution is 9.10. The molecule has 16 heavy (non-hydrogen) atoms. The van der Waals surface area contributed by atoms with Crippen molar-refractivity contribution in [3.63, 3.8) is 0 Å². The summed E-state index contributed by atoms with van der Waals surface area (Å²) in [6.07, 6.45) is 2.65. The predicted molar refractivity (Wildman–Crippen MR) is 75.7 cm³/mol. The van der Waals surface area contributed by atoms with Crippen molar-refractivity contribution < 1.29 is 0 Å². The van der Waals surface area contributed by atoms with Crippen molar-refractivity contribution in [1.82, 2.24) is 5.32 Å². The van der Waals surface area contributed by atoms with Gasteiger partial charge in [-0.2, -0.15) is 0 Å². The summed E-state index contributed by atoms with van der Waals surface area (Å²) in [5.74, 6) is 0.808. The van der Waals surface area contributed by atoms with E-state index < -0.39 is 0 Å². The first-order chi connectivity index (χ1) is 7.65. The van der Waals surface area contributed by atoms with E-state index in [4.69, 9.17) is 12.2 Å². The van der Waals surface area contributed by atoms with Gasteiger partial charge >= 0.3 is 0 Å². The molecular formula is C12H15BrN2S. The van der Waals surface area contributed by atoms with Crippen molar-refractivity contribution in [2.24, 2.45) is 5.92 Å². The first kappa shape index (κ1) is 11.9. The molecule has 0 aromatic heterocycles. The molecule has 0 unspecified atom stereocenters. The molecule has 0 aliphatic heterocycles. The molecule has 0 amide bonds. The summed E-state index contributed by atoms with van der Waals surface area (Å²) in [7, 11) is 0. The van der Waals surface area contributed by atoms with Gasteiger partial charge in [-0.25, -0.2) is 0 Å². The van der Waals surface area contributed by atoms with Gasteiger partial charge in [0.2, 0.25) is 0 Å². The van der Waals surface area contributed by atoms with Gasteiger partial charge in [-0.1, -0.05) is 22.0 Å². The van der Waals surface area contributed by atoms with Crippen molar-refractivity contribution >= 4 is 38.9 Å². The maximum atomic E-state index is 5.27. The van der Waals surface area contributed by atoms with E-state index >= 15 is 0 Å². The van der Waals surface area contributed by atoms with Gasteiger partial charge in [0.05, 0.1) is 0 Å². The molecular weight excluding hydrogens is 284 g/mol. The van der Waals surface area contributed by atoms with Crippen LogP contribution in [0.2, 0.25) is 0 Å². The third-order valence-corrected chi connectivity index (χ3v) is 3.48. The molecule has 1 atom stereocenters. The van der Waals surface area contributed by atoms with E-state index in [1.807, 2.05) is 24.3 Å². The van der Waals surface area contributed by atoms with E-state index in [0.29, 0.717) is 11.2 Å². The fourth-order valence-corrected chi connectivity index (χ4v) is 2.36. The number of nitrogens with one attached hydrogen (secondary N) is 2. The van der Waals surface area contributed by atoms with Crippen LogP contribution in [0, 0.1) is 5.92 Å². The van der Waals surface area contributed by atoms with Gasteiger partial charge in [0.15, 0.2) is 5.11 Å². The average molecular weight is 299 g/mol. The van der Waals surface area contributed by atoms with E-state index in [-0.39, 0.29) is 0 Å². The summed E-state index contributed by atoms with van der Waals surface area (Å²) in [4.78, 5) is 0. The fourth-order valence-electron chi connectivity index (χ4n) is 1.65. The van der Waals surface area contributed by atoms with Crippen LogP contribution < -0.4 is 10.6 Å². The Balaban J connectivity index is 1.86. The number of anilines is 1. The van der Waals surface area contributed by atoms with Crippen LogP contribution in [-0.4, -0.2) is 11.2 Å². The lowest BCUT2D eigenvalue weighted by atomic mass is 10.2. The minimum atomic E-state index is 0.479. The van der Waals surface area contributed by atoms with Crippen molar-refractivity contribution in [2.75, 3.05) is 5.32 Å². The van der Waals surface area contributed by atoms with E-state index in [1.165, 1.54) is 12.8 Å². The largest absolute Gasteiger partial charge is 0.360 e. The normalized spacial score (nSPS) is 16.6. The molecule has 1 saturated carbocycles. The van der Waals surface area contributed by atoms with Crippen LogP contribution >= 0.6 is 28.1 Å².